The lowest BCUT2D eigenvalue weighted by Gasteiger charge is -2.28. The summed E-state index contributed by atoms with van der Waals surface area (Å²) >= 11 is 0. The fraction of sp³-hybridized carbons (Fsp3) is 0.615. The van der Waals surface area contributed by atoms with Crippen LogP contribution in [0.25, 0.3) is 0 Å². The molecule has 0 aromatic carbocycles. The summed E-state index contributed by atoms with van der Waals surface area (Å²) in [5.74, 6) is 0.215. The molecule has 3 rings (SSSR count). The number of fused-ring (bicyclic) bond motifs is 3. The molecule has 4 heteroatoms. The SMILES string of the molecule is CN1Cc2c(c3c(n2C)CCCC3=O)C(O)C1. The molecule has 1 unspecified atom stereocenters. The number of carbonyl (C=O) groups is 1. The van der Waals surface area contributed by atoms with Crippen LogP contribution in [0.1, 0.15) is 46.3 Å². The summed E-state index contributed by atoms with van der Waals surface area (Å²) in [6, 6.07) is 0. The van der Waals surface area contributed by atoms with Gasteiger partial charge in [-0.2, -0.15) is 0 Å². The topological polar surface area (TPSA) is 45.5 Å². The number of hydrogen-bond donors (Lipinski definition) is 1. The van der Waals surface area contributed by atoms with E-state index in [2.05, 4.69) is 9.47 Å². The molecule has 0 bridgehead atoms. The van der Waals surface area contributed by atoms with Crippen molar-refractivity contribution in [3.63, 3.8) is 0 Å². The van der Waals surface area contributed by atoms with E-state index >= 15 is 0 Å². The number of carbonyl (C=O) groups excluding carboxylic acids is 1. The standard InChI is InChI=1S/C13H18N2O2/c1-14-6-9-13(11(17)7-14)12-8(15(9)2)4-3-5-10(12)16/h11,17H,3-7H2,1-2H3. The van der Waals surface area contributed by atoms with Gasteiger partial charge in [-0.05, 0) is 19.9 Å². The Kier molecular flexibility index (Phi) is 2.38. The second-order valence-corrected chi connectivity index (χ2v) is 5.23. The van der Waals surface area contributed by atoms with E-state index < -0.39 is 6.10 Å². The number of aliphatic hydroxyl groups is 1. The highest BCUT2D eigenvalue weighted by atomic mass is 16.3. The van der Waals surface area contributed by atoms with Crippen LogP contribution in [0.4, 0.5) is 0 Å². The van der Waals surface area contributed by atoms with Gasteiger partial charge in [0.05, 0.1) is 6.10 Å². The lowest BCUT2D eigenvalue weighted by Crippen LogP contribution is -2.31. The number of nitrogens with zero attached hydrogens (tertiary/aromatic N) is 2. The maximum absolute atomic E-state index is 12.1. The van der Waals surface area contributed by atoms with Gasteiger partial charge < -0.3 is 9.67 Å². The molecule has 0 saturated carbocycles. The summed E-state index contributed by atoms with van der Waals surface area (Å²) in [6.45, 7) is 1.44. The van der Waals surface area contributed by atoms with Gasteiger partial charge in [-0.1, -0.05) is 0 Å². The summed E-state index contributed by atoms with van der Waals surface area (Å²) in [4.78, 5) is 14.2. The van der Waals surface area contributed by atoms with Crippen molar-refractivity contribution in [3.05, 3.63) is 22.5 Å². The van der Waals surface area contributed by atoms with Gasteiger partial charge in [0, 0.05) is 49.1 Å². The summed E-state index contributed by atoms with van der Waals surface area (Å²) in [6.07, 6.45) is 2.02. The number of Topliss-reactive ketones (excluding diaryl/α,β-unsaturated/α-hetero) is 1. The molecule has 1 aromatic rings. The Morgan fingerprint density at radius 1 is 1.24 bits per heavy atom. The number of ketones is 1. The van der Waals surface area contributed by atoms with Crippen molar-refractivity contribution in [3.8, 4) is 0 Å². The first-order valence-electron chi connectivity index (χ1n) is 6.19. The summed E-state index contributed by atoms with van der Waals surface area (Å²) in [5.41, 5.74) is 3.98. The molecule has 0 radical (unpaired) electrons. The Morgan fingerprint density at radius 2 is 2.00 bits per heavy atom. The van der Waals surface area contributed by atoms with Gasteiger partial charge in [0.15, 0.2) is 5.78 Å². The highest BCUT2D eigenvalue weighted by molar-refractivity contribution is 6.00. The average molecular weight is 234 g/mol. The lowest BCUT2D eigenvalue weighted by atomic mass is 9.90. The minimum Gasteiger partial charge on any atom is -0.387 e. The number of aliphatic hydroxyl groups excluding tert-OH is 1. The van der Waals surface area contributed by atoms with E-state index in [0.29, 0.717) is 13.0 Å². The third-order valence-electron chi connectivity index (χ3n) is 4.01. The van der Waals surface area contributed by atoms with E-state index in [1.165, 1.54) is 0 Å². The molecule has 1 N–H and O–H groups in total. The second-order valence-electron chi connectivity index (χ2n) is 5.23. The Balaban J connectivity index is 2.23. The molecule has 17 heavy (non-hydrogen) atoms. The van der Waals surface area contributed by atoms with Gasteiger partial charge >= 0.3 is 0 Å². The molecule has 0 fully saturated rings. The van der Waals surface area contributed by atoms with Gasteiger partial charge in [0.1, 0.15) is 0 Å². The zero-order valence-electron chi connectivity index (χ0n) is 10.4. The molecule has 92 valence electrons. The van der Waals surface area contributed by atoms with Crippen molar-refractivity contribution in [1.82, 2.24) is 9.47 Å². The third kappa shape index (κ3) is 1.47. The fourth-order valence-electron chi connectivity index (χ4n) is 3.21. The molecular formula is C13H18N2O2. The van der Waals surface area contributed by atoms with Crippen molar-refractivity contribution in [1.29, 1.82) is 0 Å². The third-order valence-corrected chi connectivity index (χ3v) is 4.01. The quantitative estimate of drug-likeness (QED) is 0.729. The van der Waals surface area contributed by atoms with Crippen molar-refractivity contribution in [2.45, 2.75) is 31.9 Å². The van der Waals surface area contributed by atoms with Crippen LogP contribution in [-0.2, 0) is 20.0 Å². The molecule has 0 spiro atoms. The largest absolute Gasteiger partial charge is 0.387 e. The van der Waals surface area contributed by atoms with Crippen molar-refractivity contribution in [2.75, 3.05) is 13.6 Å². The smallest absolute Gasteiger partial charge is 0.165 e. The van der Waals surface area contributed by atoms with Gasteiger partial charge in [-0.25, -0.2) is 0 Å². The second kappa shape index (κ2) is 3.68. The molecule has 1 aromatic heterocycles. The van der Waals surface area contributed by atoms with E-state index in [-0.39, 0.29) is 5.78 Å². The first-order chi connectivity index (χ1) is 8.09. The maximum Gasteiger partial charge on any atom is 0.165 e. The van der Waals surface area contributed by atoms with E-state index in [4.69, 9.17) is 0 Å². The van der Waals surface area contributed by atoms with E-state index in [1.807, 2.05) is 14.1 Å². The number of likely N-dealkylation sites (N-methyl/N-ethyl adjacent to an activating group) is 1. The summed E-state index contributed by atoms with van der Waals surface area (Å²) < 4.78 is 2.13. The Morgan fingerprint density at radius 3 is 2.76 bits per heavy atom. The minimum absolute atomic E-state index is 0.215. The Hall–Kier alpha value is -1.13. The van der Waals surface area contributed by atoms with Gasteiger partial charge in [0.2, 0.25) is 0 Å². The average Bonchev–Trinajstić information content (AvgIpc) is 2.55. The van der Waals surface area contributed by atoms with Crippen molar-refractivity contribution < 1.29 is 9.90 Å². The normalized spacial score (nSPS) is 24.6. The first kappa shape index (κ1) is 11.0. The molecule has 0 saturated heterocycles. The highest BCUT2D eigenvalue weighted by Crippen LogP contribution is 2.36. The first-order valence-corrected chi connectivity index (χ1v) is 6.19. The van der Waals surface area contributed by atoms with E-state index in [1.54, 1.807) is 0 Å². The minimum atomic E-state index is -0.513. The Labute approximate surface area is 101 Å². The molecule has 2 aliphatic rings. The van der Waals surface area contributed by atoms with E-state index in [0.717, 1.165) is 41.9 Å². The van der Waals surface area contributed by atoms with Crippen LogP contribution < -0.4 is 0 Å². The molecular weight excluding hydrogens is 216 g/mol. The van der Waals surface area contributed by atoms with Crippen LogP contribution in [0.5, 0.6) is 0 Å². The highest BCUT2D eigenvalue weighted by Gasteiger charge is 2.34. The number of β-amino-alcohol motifs (C(OH)–C–C–N with tert-alkyl or cyclic N) is 1. The van der Waals surface area contributed by atoms with Crippen LogP contribution in [0.15, 0.2) is 0 Å². The van der Waals surface area contributed by atoms with Gasteiger partial charge in [-0.3, -0.25) is 9.69 Å². The summed E-state index contributed by atoms with van der Waals surface area (Å²) in [5, 5.41) is 10.2. The van der Waals surface area contributed by atoms with E-state index in [9.17, 15) is 9.90 Å². The predicted molar refractivity (Wildman–Crippen MR) is 64.0 cm³/mol. The lowest BCUT2D eigenvalue weighted by molar-refractivity contribution is 0.0931. The van der Waals surface area contributed by atoms with Crippen LogP contribution >= 0.6 is 0 Å². The molecule has 2 heterocycles. The molecule has 1 atom stereocenters. The maximum atomic E-state index is 12.1. The van der Waals surface area contributed by atoms with Crippen LogP contribution in [0, 0.1) is 0 Å². The molecule has 1 aliphatic carbocycles. The van der Waals surface area contributed by atoms with Gasteiger partial charge in [0.25, 0.3) is 0 Å². The van der Waals surface area contributed by atoms with Crippen molar-refractivity contribution in [2.24, 2.45) is 7.05 Å². The molecule has 1 aliphatic heterocycles. The van der Waals surface area contributed by atoms with Crippen LogP contribution in [0.2, 0.25) is 0 Å². The Bertz CT molecular complexity index is 490. The number of hydrogen-bond acceptors (Lipinski definition) is 3. The van der Waals surface area contributed by atoms with Crippen LogP contribution in [-0.4, -0.2) is 33.9 Å². The zero-order chi connectivity index (χ0) is 12.2. The predicted octanol–water partition coefficient (Wildman–Crippen LogP) is 1.02. The summed E-state index contributed by atoms with van der Waals surface area (Å²) in [7, 11) is 4.02. The zero-order valence-corrected chi connectivity index (χ0v) is 10.4. The van der Waals surface area contributed by atoms with Crippen LogP contribution in [0.3, 0.4) is 0 Å². The van der Waals surface area contributed by atoms with Gasteiger partial charge in [-0.15, -0.1) is 0 Å². The monoisotopic (exact) mass is 234 g/mol. The van der Waals surface area contributed by atoms with Crippen molar-refractivity contribution >= 4 is 5.78 Å². The number of aromatic nitrogens is 1. The fourth-order valence-corrected chi connectivity index (χ4v) is 3.21. The molecule has 4 nitrogen and oxygen atoms in total. The molecule has 0 amide bonds. The number of rotatable bonds is 0.